The predicted octanol–water partition coefficient (Wildman–Crippen LogP) is 3.43. The van der Waals surface area contributed by atoms with Gasteiger partial charge in [0.15, 0.2) is 0 Å². The molecule has 0 spiro atoms. The van der Waals surface area contributed by atoms with E-state index in [0.29, 0.717) is 22.8 Å². The third kappa shape index (κ3) is 2.14. The second-order valence-electron chi connectivity index (χ2n) is 5.08. The fraction of sp³-hybridized carbons (Fsp3) is 0.188. The van der Waals surface area contributed by atoms with Crippen molar-refractivity contribution in [2.45, 2.75) is 13.3 Å². The number of hydrogen-bond acceptors (Lipinski definition) is 2. The van der Waals surface area contributed by atoms with Gasteiger partial charge in [-0.05, 0) is 48.7 Å². The summed E-state index contributed by atoms with van der Waals surface area (Å²) in [6.07, 6.45) is 0.852. The molecule has 0 saturated carbocycles. The molecule has 3 nitrogen and oxygen atoms in total. The number of carbonyl (C=O) groups is 1. The van der Waals surface area contributed by atoms with E-state index >= 15 is 0 Å². The van der Waals surface area contributed by atoms with Crippen LogP contribution in [0.25, 0.3) is 0 Å². The van der Waals surface area contributed by atoms with Gasteiger partial charge in [-0.3, -0.25) is 4.79 Å². The molecular formula is C16H15ClN2O. The van der Waals surface area contributed by atoms with Gasteiger partial charge < -0.3 is 10.6 Å². The number of hydrogen-bond donors (Lipinski definition) is 1. The zero-order valence-electron chi connectivity index (χ0n) is 11.2. The van der Waals surface area contributed by atoms with Gasteiger partial charge in [-0.15, -0.1) is 0 Å². The Morgan fingerprint density at radius 1 is 1.25 bits per heavy atom. The molecule has 1 heterocycles. The van der Waals surface area contributed by atoms with Crippen molar-refractivity contribution in [2.75, 3.05) is 17.2 Å². The number of benzene rings is 2. The normalized spacial score (nSPS) is 13.4. The monoisotopic (exact) mass is 286 g/mol. The summed E-state index contributed by atoms with van der Waals surface area (Å²) in [4.78, 5) is 14.4. The Hall–Kier alpha value is -2.00. The first-order valence-electron chi connectivity index (χ1n) is 6.52. The molecule has 0 fully saturated rings. The van der Waals surface area contributed by atoms with Crippen LogP contribution in [0, 0.1) is 6.92 Å². The smallest absolute Gasteiger partial charge is 0.259 e. The highest BCUT2D eigenvalue weighted by atomic mass is 35.5. The molecule has 2 aromatic rings. The standard InChI is InChI=1S/C16H15ClN2O/c1-10-2-5-13(14(17)8-10)16(20)19-7-6-11-3-4-12(18)9-15(11)19/h2-5,8-9H,6-7,18H2,1H3. The van der Waals surface area contributed by atoms with Gasteiger partial charge in [0.2, 0.25) is 0 Å². The van der Waals surface area contributed by atoms with Crippen LogP contribution in [-0.4, -0.2) is 12.5 Å². The van der Waals surface area contributed by atoms with Crippen LogP contribution in [-0.2, 0) is 6.42 Å². The van der Waals surface area contributed by atoms with Crippen LogP contribution in [0.15, 0.2) is 36.4 Å². The zero-order valence-corrected chi connectivity index (χ0v) is 11.9. The van der Waals surface area contributed by atoms with Crippen molar-refractivity contribution in [3.05, 3.63) is 58.1 Å². The van der Waals surface area contributed by atoms with Gasteiger partial charge in [0, 0.05) is 17.9 Å². The summed E-state index contributed by atoms with van der Waals surface area (Å²) in [5.74, 6) is -0.0700. The number of fused-ring (bicyclic) bond motifs is 1. The Morgan fingerprint density at radius 3 is 2.80 bits per heavy atom. The van der Waals surface area contributed by atoms with Crippen LogP contribution < -0.4 is 10.6 Å². The summed E-state index contributed by atoms with van der Waals surface area (Å²) in [5.41, 5.74) is 10.1. The van der Waals surface area contributed by atoms with Crippen molar-refractivity contribution in [1.82, 2.24) is 0 Å². The van der Waals surface area contributed by atoms with E-state index in [1.165, 1.54) is 0 Å². The summed E-state index contributed by atoms with van der Waals surface area (Å²) in [6.45, 7) is 2.62. The Morgan fingerprint density at radius 2 is 2.05 bits per heavy atom. The van der Waals surface area contributed by atoms with Gasteiger partial charge in [-0.2, -0.15) is 0 Å². The summed E-state index contributed by atoms with van der Waals surface area (Å²) < 4.78 is 0. The summed E-state index contributed by atoms with van der Waals surface area (Å²) in [7, 11) is 0. The molecule has 0 saturated heterocycles. The molecule has 2 aromatic carbocycles. The maximum atomic E-state index is 12.7. The fourth-order valence-electron chi connectivity index (χ4n) is 2.55. The van der Waals surface area contributed by atoms with Crippen molar-refractivity contribution in [2.24, 2.45) is 0 Å². The van der Waals surface area contributed by atoms with Crippen LogP contribution in [0.3, 0.4) is 0 Å². The minimum atomic E-state index is -0.0700. The van der Waals surface area contributed by atoms with Crippen LogP contribution >= 0.6 is 11.6 Å². The molecule has 0 aromatic heterocycles. The van der Waals surface area contributed by atoms with Crippen molar-refractivity contribution in [3.63, 3.8) is 0 Å². The molecule has 0 unspecified atom stereocenters. The highest BCUT2D eigenvalue weighted by Crippen LogP contribution is 2.32. The van der Waals surface area contributed by atoms with Gasteiger partial charge in [0.05, 0.1) is 10.6 Å². The Kier molecular flexibility index (Phi) is 3.14. The fourth-order valence-corrected chi connectivity index (χ4v) is 2.86. The number of carbonyl (C=O) groups excluding carboxylic acids is 1. The molecule has 0 atom stereocenters. The lowest BCUT2D eigenvalue weighted by atomic mass is 10.1. The van der Waals surface area contributed by atoms with E-state index in [2.05, 4.69) is 0 Å². The first-order chi connectivity index (χ1) is 9.56. The average Bonchev–Trinajstić information content (AvgIpc) is 2.81. The number of halogens is 1. The second kappa shape index (κ2) is 4.84. The largest absolute Gasteiger partial charge is 0.399 e. The molecule has 2 N–H and O–H groups in total. The molecule has 0 radical (unpaired) electrons. The Bertz CT molecular complexity index is 697. The van der Waals surface area contributed by atoms with E-state index < -0.39 is 0 Å². The molecule has 4 heteroatoms. The van der Waals surface area contributed by atoms with Crippen LogP contribution in [0.1, 0.15) is 21.5 Å². The van der Waals surface area contributed by atoms with E-state index in [-0.39, 0.29) is 5.91 Å². The molecular weight excluding hydrogens is 272 g/mol. The lowest BCUT2D eigenvalue weighted by molar-refractivity contribution is 0.0989. The van der Waals surface area contributed by atoms with Crippen molar-refractivity contribution in [1.29, 1.82) is 0 Å². The molecule has 20 heavy (non-hydrogen) atoms. The number of amides is 1. The van der Waals surface area contributed by atoms with Crippen LogP contribution in [0.2, 0.25) is 5.02 Å². The maximum Gasteiger partial charge on any atom is 0.259 e. The van der Waals surface area contributed by atoms with Crippen molar-refractivity contribution in [3.8, 4) is 0 Å². The molecule has 102 valence electrons. The summed E-state index contributed by atoms with van der Waals surface area (Å²) in [5, 5.41) is 0.493. The molecule has 3 rings (SSSR count). The predicted molar refractivity (Wildman–Crippen MR) is 82.4 cm³/mol. The molecule has 1 amide bonds. The summed E-state index contributed by atoms with van der Waals surface area (Å²) >= 11 is 6.19. The first kappa shape index (κ1) is 13.0. The van der Waals surface area contributed by atoms with E-state index in [9.17, 15) is 4.79 Å². The first-order valence-corrected chi connectivity index (χ1v) is 6.90. The maximum absolute atomic E-state index is 12.7. The third-order valence-electron chi connectivity index (χ3n) is 3.61. The van der Waals surface area contributed by atoms with Gasteiger partial charge in [0.25, 0.3) is 5.91 Å². The minimum Gasteiger partial charge on any atom is -0.399 e. The van der Waals surface area contributed by atoms with E-state index in [1.807, 2.05) is 37.3 Å². The Labute approximate surface area is 123 Å². The minimum absolute atomic E-state index is 0.0700. The van der Waals surface area contributed by atoms with Crippen LogP contribution in [0.4, 0.5) is 11.4 Å². The van der Waals surface area contributed by atoms with Crippen LogP contribution in [0.5, 0.6) is 0 Å². The van der Waals surface area contributed by atoms with E-state index in [1.54, 1.807) is 11.0 Å². The number of nitrogens with zero attached hydrogens (tertiary/aromatic N) is 1. The van der Waals surface area contributed by atoms with Gasteiger partial charge in [-0.25, -0.2) is 0 Å². The quantitative estimate of drug-likeness (QED) is 0.816. The molecule has 1 aliphatic heterocycles. The molecule has 1 aliphatic rings. The van der Waals surface area contributed by atoms with Gasteiger partial charge >= 0.3 is 0 Å². The number of anilines is 2. The Balaban J connectivity index is 1.99. The highest BCUT2D eigenvalue weighted by Gasteiger charge is 2.26. The zero-order chi connectivity index (χ0) is 14.3. The SMILES string of the molecule is Cc1ccc(C(=O)N2CCc3ccc(N)cc32)c(Cl)c1. The van der Waals surface area contributed by atoms with Crippen molar-refractivity contribution >= 4 is 28.9 Å². The topological polar surface area (TPSA) is 46.3 Å². The van der Waals surface area contributed by atoms with Gasteiger partial charge in [0.1, 0.15) is 0 Å². The van der Waals surface area contributed by atoms with E-state index in [0.717, 1.165) is 23.2 Å². The average molecular weight is 287 g/mol. The lowest BCUT2D eigenvalue weighted by Crippen LogP contribution is -2.29. The lowest BCUT2D eigenvalue weighted by Gasteiger charge is -2.18. The molecule has 0 aliphatic carbocycles. The number of aryl methyl sites for hydroxylation is 1. The second-order valence-corrected chi connectivity index (χ2v) is 5.49. The molecule has 0 bridgehead atoms. The highest BCUT2D eigenvalue weighted by molar-refractivity contribution is 6.34. The number of rotatable bonds is 1. The van der Waals surface area contributed by atoms with Crippen molar-refractivity contribution < 1.29 is 4.79 Å². The number of nitrogen functional groups attached to an aromatic ring is 1. The number of nitrogens with two attached hydrogens (primary N) is 1. The third-order valence-corrected chi connectivity index (χ3v) is 3.92. The van der Waals surface area contributed by atoms with Gasteiger partial charge in [-0.1, -0.05) is 23.7 Å². The summed E-state index contributed by atoms with van der Waals surface area (Å²) in [6, 6.07) is 11.2. The van der Waals surface area contributed by atoms with E-state index in [4.69, 9.17) is 17.3 Å².